The van der Waals surface area contributed by atoms with Gasteiger partial charge in [-0.05, 0) is 30.7 Å². The maximum Gasteiger partial charge on any atom is 0.273 e. The molecule has 1 aromatic carbocycles. The molecule has 0 atom stereocenters. The van der Waals surface area contributed by atoms with Crippen molar-refractivity contribution in [2.24, 2.45) is 5.73 Å². The highest BCUT2D eigenvalue weighted by atomic mass is 35.5. The van der Waals surface area contributed by atoms with Crippen molar-refractivity contribution in [1.29, 1.82) is 0 Å². The minimum absolute atomic E-state index is 0. The Balaban J connectivity index is 0.00000243. The Hall–Kier alpha value is -2.03. The van der Waals surface area contributed by atoms with Crippen molar-refractivity contribution in [2.45, 2.75) is 13.0 Å². The minimum Gasteiger partial charge on any atom is -0.337 e. The van der Waals surface area contributed by atoms with Gasteiger partial charge in [0.25, 0.3) is 11.8 Å². The predicted molar refractivity (Wildman–Crippen MR) is 100 cm³/mol. The molecule has 1 aliphatic heterocycles. The number of rotatable bonds is 3. The molecule has 1 fully saturated rings. The Morgan fingerprint density at radius 2 is 1.69 bits per heavy atom. The highest BCUT2D eigenvalue weighted by Gasteiger charge is 2.24. The lowest BCUT2D eigenvalue weighted by Gasteiger charge is -2.21. The monoisotopic (exact) mass is 398 g/mol. The van der Waals surface area contributed by atoms with E-state index in [1.54, 1.807) is 15.2 Å². The van der Waals surface area contributed by atoms with E-state index in [2.05, 4.69) is 4.98 Å². The molecule has 2 N–H and O–H groups in total. The van der Waals surface area contributed by atoms with Crippen molar-refractivity contribution in [2.75, 3.05) is 26.2 Å². The molecular formula is C17H20ClFN4O2S. The number of aromatic nitrogens is 1. The van der Waals surface area contributed by atoms with Crippen molar-refractivity contribution in [3.8, 4) is 0 Å². The van der Waals surface area contributed by atoms with Gasteiger partial charge in [-0.2, -0.15) is 0 Å². The van der Waals surface area contributed by atoms with E-state index < -0.39 is 0 Å². The highest BCUT2D eigenvalue weighted by molar-refractivity contribution is 7.09. The smallest absolute Gasteiger partial charge is 0.273 e. The molecule has 0 unspecified atom stereocenters. The molecule has 0 bridgehead atoms. The van der Waals surface area contributed by atoms with Crippen LogP contribution >= 0.6 is 23.7 Å². The van der Waals surface area contributed by atoms with Gasteiger partial charge < -0.3 is 15.5 Å². The first kappa shape index (κ1) is 20.3. The van der Waals surface area contributed by atoms with Gasteiger partial charge in [-0.3, -0.25) is 9.59 Å². The molecule has 2 aromatic rings. The summed E-state index contributed by atoms with van der Waals surface area (Å²) < 4.78 is 13.0. The van der Waals surface area contributed by atoms with Gasteiger partial charge in [-0.25, -0.2) is 9.37 Å². The van der Waals surface area contributed by atoms with Crippen LogP contribution in [0.2, 0.25) is 0 Å². The van der Waals surface area contributed by atoms with E-state index in [0.29, 0.717) is 50.4 Å². The van der Waals surface area contributed by atoms with Gasteiger partial charge in [-0.15, -0.1) is 23.7 Å². The predicted octanol–water partition coefficient (Wildman–Crippen LogP) is 2.15. The Morgan fingerprint density at radius 1 is 1.08 bits per heavy atom. The van der Waals surface area contributed by atoms with Crippen LogP contribution in [0.3, 0.4) is 0 Å². The maximum absolute atomic E-state index is 13.0. The van der Waals surface area contributed by atoms with Crippen LogP contribution in [0.15, 0.2) is 29.6 Å². The number of carbonyl (C=O) groups is 2. The number of thiazole rings is 1. The molecule has 1 aliphatic rings. The fourth-order valence-corrected chi connectivity index (χ4v) is 3.41. The quantitative estimate of drug-likeness (QED) is 0.859. The van der Waals surface area contributed by atoms with Crippen molar-refractivity contribution in [3.63, 3.8) is 0 Å². The lowest BCUT2D eigenvalue weighted by Crippen LogP contribution is -2.37. The Bertz CT molecular complexity index is 768. The number of hydrogen-bond acceptors (Lipinski definition) is 5. The lowest BCUT2D eigenvalue weighted by atomic mass is 10.2. The molecule has 26 heavy (non-hydrogen) atoms. The summed E-state index contributed by atoms with van der Waals surface area (Å²) in [5.41, 5.74) is 6.40. The molecule has 1 aromatic heterocycles. The summed E-state index contributed by atoms with van der Waals surface area (Å²) in [7, 11) is 0. The molecule has 6 nitrogen and oxygen atoms in total. The fraction of sp³-hybridized carbons (Fsp3) is 0.353. The zero-order valence-corrected chi connectivity index (χ0v) is 15.7. The third-order valence-corrected chi connectivity index (χ3v) is 4.98. The van der Waals surface area contributed by atoms with E-state index in [1.807, 2.05) is 0 Å². The summed E-state index contributed by atoms with van der Waals surface area (Å²) >= 11 is 1.37. The van der Waals surface area contributed by atoms with Crippen LogP contribution in [0.4, 0.5) is 4.39 Å². The van der Waals surface area contributed by atoms with Crippen LogP contribution in [0.1, 0.15) is 32.3 Å². The van der Waals surface area contributed by atoms with Crippen molar-refractivity contribution in [3.05, 3.63) is 51.7 Å². The summed E-state index contributed by atoms with van der Waals surface area (Å²) in [6.07, 6.45) is 0.687. The van der Waals surface area contributed by atoms with Crippen LogP contribution in [-0.4, -0.2) is 52.8 Å². The average Bonchev–Trinajstić information content (AvgIpc) is 2.98. The van der Waals surface area contributed by atoms with Gasteiger partial charge >= 0.3 is 0 Å². The van der Waals surface area contributed by atoms with Crippen molar-refractivity contribution >= 4 is 35.6 Å². The molecule has 2 amide bonds. The molecule has 0 saturated carbocycles. The number of nitrogens with zero attached hydrogens (tertiary/aromatic N) is 3. The third kappa shape index (κ3) is 4.57. The SMILES string of the molecule is Cl.NCc1nc(C(=O)N2CCCN(C(=O)c3ccc(F)cc3)CC2)cs1. The number of halogens is 2. The minimum atomic E-state index is -0.371. The number of hydrogen-bond donors (Lipinski definition) is 1. The number of benzene rings is 1. The van der Waals surface area contributed by atoms with Crippen LogP contribution < -0.4 is 5.73 Å². The van der Waals surface area contributed by atoms with Crippen LogP contribution in [0, 0.1) is 5.82 Å². The molecular weight excluding hydrogens is 379 g/mol. The van der Waals surface area contributed by atoms with Crippen LogP contribution in [0.5, 0.6) is 0 Å². The Kier molecular flexibility index (Phi) is 7.07. The zero-order chi connectivity index (χ0) is 17.8. The van der Waals surface area contributed by atoms with Gasteiger partial charge in [0, 0.05) is 43.7 Å². The second-order valence-corrected chi connectivity index (χ2v) is 6.72. The maximum atomic E-state index is 13.0. The van der Waals surface area contributed by atoms with E-state index in [4.69, 9.17) is 5.73 Å². The average molecular weight is 399 g/mol. The van der Waals surface area contributed by atoms with Gasteiger partial charge in [0.2, 0.25) is 0 Å². The first-order valence-electron chi connectivity index (χ1n) is 8.07. The first-order valence-corrected chi connectivity index (χ1v) is 8.95. The largest absolute Gasteiger partial charge is 0.337 e. The highest BCUT2D eigenvalue weighted by Crippen LogP contribution is 2.15. The second-order valence-electron chi connectivity index (χ2n) is 5.78. The first-order chi connectivity index (χ1) is 12.1. The van der Waals surface area contributed by atoms with E-state index in [1.165, 1.54) is 35.6 Å². The Labute approximate surface area is 161 Å². The molecule has 3 rings (SSSR count). The normalized spacial score (nSPS) is 14.5. The zero-order valence-electron chi connectivity index (χ0n) is 14.1. The molecule has 0 aliphatic carbocycles. The number of nitrogens with two attached hydrogens (primary N) is 1. The van der Waals surface area contributed by atoms with Crippen molar-refractivity contribution < 1.29 is 14.0 Å². The van der Waals surface area contributed by atoms with E-state index in [0.717, 1.165) is 5.01 Å². The molecule has 140 valence electrons. The molecule has 0 spiro atoms. The molecule has 1 saturated heterocycles. The molecule has 2 heterocycles. The molecule has 0 radical (unpaired) electrons. The number of amides is 2. The van der Waals surface area contributed by atoms with Gasteiger partial charge in [-0.1, -0.05) is 0 Å². The second kappa shape index (κ2) is 9.07. The van der Waals surface area contributed by atoms with Gasteiger partial charge in [0.15, 0.2) is 0 Å². The van der Waals surface area contributed by atoms with E-state index in [-0.39, 0.29) is 30.0 Å². The molecule has 9 heteroatoms. The topological polar surface area (TPSA) is 79.5 Å². The number of carbonyl (C=O) groups excluding carboxylic acids is 2. The van der Waals surface area contributed by atoms with E-state index >= 15 is 0 Å². The Morgan fingerprint density at radius 3 is 2.27 bits per heavy atom. The van der Waals surface area contributed by atoms with Crippen molar-refractivity contribution in [1.82, 2.24) is 14.8 Å². The summed E-state index contributed by atoms with van der Waals surface area (Å²) in [5, 5.41) is 2.45. The summed E-state index contributed by atoms with van der Waals surface area (Å²) in [6.45, 7) is 2.33. The lowest BCUT2D eigenvalue weighted by molar-refractivity contribution is 0.0716. The fourth-order valence-electron chi connectivity index (χ4n) is 2.76. The standard InChI is InChI=1S/C17H19FN4O2S.ClH/c18-13-4-2-12(3-5-13)16(23)21-6-1-7-22(9-8-21)17(24)14-11-25-15(10-19)20-14;/h2-5,11H,1,6-10,19H2;1H. The van der Waals surface area contributed by atoms with Gasteiger partial charge in [0.1, 0.15) is 16.5 Å². The summed E-state index contributed by atoms with van der Waals surface area (Å²) in [6, 6.07) is 5.51. The van der Waals surface area contributed by atoms with E-state index in [9.17, 15) is 14.0 Å². The van der Waals surface area contributed by atoms with Crippen LogP contribution in [-0.2, 0) is 6.54 Å². The van der Waals surface area contributed by atoms with Crippen LogP contribution in [0.25, 0.3) is 0 Å². The summed E-state index contributed by atoms with van der Waals surface area (Å²) in [4.78, 5) is 32.7. The summed E-state index contributed by atoms with van der Waals surface area (Å²) in [5.74, 6) is -0.648. The third-order valence-electron chi connectivity index (χ3n) is 4.11. The van der Waals surface area contributed by atoms with Gasteiger partial charge in [0.05, 0.1) is 0 Å².